The van der Waals surface area contributed by atoms with E-state index in [9.17, 15) is 9.59 Å². The van der Waals surface area contributed by atoms with E-state index in [-0.39, 0.29) is 12.5 Å². The standard InChI is InChI=1S/C24H21N3O3/c28-23(25-14-13-18-15-26-22-8-4-2-6-20(18)22)16-30-24(29)12-11-19-10-9-17-5-1-3-7-21(17)27-19/h1-12,15,26H,13-14,16H2,(H,25,28)/b12-11+. The predicted octanol–water partition coefficient (Wildman–Crippen LogP) is 3.63. The normalized spacial score (nSPS) is 11.2. The maximum Gasteiger partial charge on any atom is 0.331 e. The van der Waals surface area contributed by atoms with Gasteiger partial charge in [0.1, 0.15) is 0 Å². The number of hydrogen-bond donors (Lipinski definition) is 2. The number of aromatic nitrogens is 2. The Hall–Kier alpha value is -3.93. The number of hydrogen-bond acceptors (Lipinski definition) is 4. The Morgan fingerprint density at radius 1 is 1.03 bits per heavy atom. The van der Waals surface area contributed by atoms with Gasteiger partial charge in [-0.3, -0.25) is 4.79 Å². The molecule has 30 heavy (non-hydrogen) atoms. The van der Waals surface area contributed by atoms with Crippen molar-refractivity contribution in [2.24, 2.45) is 0 Å². The molecule has 6 heteroatoms. The molecule has 0 radical (unpaired) electrons. The van der Waals surface area contributed by atoms with Crippen molar-refractivity contribution in [3.63, 3.8) is 0 Å². The molecule has 6 nitrogen and oxygen atoms in total. The van der Waals surface area contributed by atoms with Gasteiger partial charge in [0.05, 0.1) is 11.2 Å². The van der Waals surface area contributed by atoms with Crippen molar-refractivity contribution in [1.29, 1.82) is 0 Å². The number of ether oxygens (including phenoxy) is 1. The van der Waals surface area contributed by atoms with Crippen molar-refractivity contribution in [2.75, 3.05) is 13.2 Å². The summed E-state index contributed by atoms with van der Waals surface area (Å²) in [5, 5.41) is 4.94. The Kier molecular flexibility index (Phi) is 5.85. The van der Waals surface area contributed by atoms with Gasteiger partial charge in [-0.15, -0.1) is 0 Å². The third kappa shape index (κ3) is 4.72. The lowest BCUT2D eigenvalue weighted by atomic mass is 10.1. The molecule has 0 atom stereocenters. The van der Waals surface area contributed by atoms with Gasteiger partial charge in [0, 0.05) is 35.1 Å². The van der Waals surface area contributed by atoms with Crippen LogP contribution < -0.4 is 5.32 Å². The minimum Gasteiger partial charge on any atom is -0.452 e. The zero-order valence-corrected chi connectivity index (χ0v) is 16.3. The average Bonchev–Trinajstić information content (AvgIpc) is 3.19. The first-order chi connectivity index (χ1) is 14.7. The van der Waals surface area contributed by atoms with Gasteiger partial charge in [-0.25, -0.2) is 9.78 Å². The molecule has 0 saturated heterocycles. The SMILES string of the molecule is O=C(COC(=O)/C=C/c1ccc2ccccc2n1)NCCc1c[nH]c2ccccc12. The van der Waals surface area contributed by atoms with Crippen molar-refractivity contribution in [3.05, 3.63) is 84.2 Å². The first-order valence-corrected chi connectivity index (χ1v) is 9.71. The summed E-state index contributed by atoms with van der Waals surface area (Å²) in [6, 6.07) is 19.5. The number of aromatic amines is 1. The molecule has 0 unspecified atom stereocenters. The molecule has 0 saturated carbocycles. The minimum absolute atomic E-state index is 0.317. The number of H-pyrrole nitrogens is 1. The van der Waals surface area contributed by atoms with Crippen molar-refractivity contribution in [2.45, 2.75) is 6.42 Å². The van der Waals surface area contributed by atoms with E-state index in [0.717, 1.165) is 27.4 Å². The van der Waals surface area contributed by atoms with Crippen molar-refractivity contribution in [1.82, 2.24) is 15.3 Å². The van der Waals surface area contributed by atoms with Gasteiger partial charge < -0.3 is 15.0 Å². The maximum absolute atomic E-state index is 11.9. The smallest absolute Gasteiger partial charge is 0.331 e. The molecule has 2 heterocycles. The Labute approximate surface area is 173 Å². The molecule has 2 N–H and O–H groups in total. The van der Waals surface area contributed by atoms with E-state index >= 15 is 0 Å². The van der Waals surface area contributed by atoms with Gasteiger partial charge in [-0.1, -0.05) is 42.5 Å². The van der Waals surface area contributed by atoms with Crippen LogP contribution in [0.15, 0.2) is 72.9 Å². The molecule has 2 aromatic carbocycles. The molecule has 0 fully saturated rings. The van der Waals surface area contributed by atoms with Gasteiger partial charge in [0.25, 0.3) is 5.91 Å². The zero-order valence-electron chi connectivity index (χ0n) is 16.3. The number of fused-ring (bicyclic) bond motifs is 2. The molecule has 1 amide bonds. The van der Waals surface area contributed by atoms with Gasteiger partial charge in [0.15, 0.2) is 6.61 Å². The van der Waals surface area contributed by atoms with E-state index in [1.54, 1.807) is 6.08 Å². The van der Waals surface area contributed by atoms with Crippen LogP contribution in [0.1, 0.15) is 11.3 Å². The number of benzene rings is 2. The first kappa shape index (κ1) is 19.4. The number of pyridine rings is 1. The number of carbonyl (C=O) groups is 2. The van der Waals surface area contributed by atoms with Crippen LogP contribution in [0.2, 0.25) is 0 Å². The van der Waals surface area contributed by atoms with Crippen LogP contribution in [0.4, 0.5) is 0 Å². The number of rotatable bonds is 7. The number of amides is 1. The summed E-state index contributed by atoms with van der Waals surface area (Å²) in [5.41, 5.74) is 3.70. The molecule has 0 spiro atoms. The largest absolute Gasteiger partial charge is 0.452 e. The minimum atomic E-state index is -0.586. The second-order valence-electron chi connectivity index (χ2n) is 6.83. The summed E-state index contributed by atoms with van der Waals surface area (Å²) in [6.45, 7) is 0.150. The highest BCUT2D eigenvalue weighted by atomic mass is 16.5. The van der Waals surface area contributed by atoms with Crippen molar-refractivity contribution >= 4 is 39.8 Å². The van der Waals surface area contributed by atoms with E-state index in [4.69, 9.17) is 4.74 Å². The fourth-order valence-corrected chi connectivity index (χ4v) is 3.24. The molecule has 150 valence electrons. The first-order valence-electron chi connectivity index (χ1n) is 9.71. The Morgan fingerprint density at radius 2 is 1.87 bits per heavy atom. The lowest BCUT2D eigenvalue weighted by Crippen LogP contribution is -2.30. The predicted molar refractivity (Wildman–Crippen MR) is 117 cm³/mol. The molecular weight excluding hydrogens is 378 g/mol. The average molecular weight is 399 g/mol. The Bertz CT molecular complexity index is 1230. The van der Waals surface area contributed by atoms with Crippen molar-refractivity contribution in [3.8, 4) is 0 Å². The zero-order chi connectivity index (χ0) is 20.8. The number of nitrogens with one attached hydrogen (secondary N) is 2. The van der Waals surface area contributed by atoms with Crippen LogP contribution in [-0.2, 0) is 20.7 Å². The number of carbonyl (C=O) groups excluding carboxylic acids is 2. The van der Waals surface area contributed by atoms with E-state index in [2.05, 4.69) is 15.3 Å². The van der Waals surface area contributed by atoms with Crippen LogP contribution >= 0.6 is 0 Å². The Morgan fingerprint density at radius 3 is 2.80 bits per heavy atom. The fourth-order valence-electron chi connectivity index (χ4n) is 3.24. The lowest BCUT2D eigenvalue weighted by Gasteiger charge is -2.05. The second-order valence-corrected chi connectivity index (χ2v) is 6.83. The third-order valence-corrected chi connectivity index (χ3v) is 4.75. The quantitative estimate of drug-likeness (QED) is 0.367. The summed E-state index contributed by atoms with van der Waals surface area (Å²) in [6.07, 6.45) is 5.49. The van der Waals surface area contributed by atoms with E-state index in [1.807, 2.05) is 66.9 Å². The highest BCUT2D eigenvalue weighted by Crippen LogP contribution is 2.17. The van der Waals surface area contributed by atoms with Crippen LogP contribution in [0.5, 0.6) is 0 Å². The van der Waals surface area contributed by atoms with E-state index < -0.39 is 5.97 Å². The van der Waals surface area contributed by atoms with Gasteiger partial charge >= 0.3 is 5.97 Å². The fraction of sp³-hybridized carbons (Fsp3) is 0.125. The van der Waals surface area contributed by atoms with Crippen LogP contribution in [-0.4, -0.2) is 35.0 Å². The van der Waals surface area contributed by atoms with Crippen LogP contribution in [0.3, 0.4) is 0 Å². The number of nitrogens with zero attached hydrogens (tertiary/aromatic N) is 1. The monoisotopic (exact) mass is 399 g/mol. The third-order valence-electron chi connectivity index (χ3n) is 4.75. The van der Waals surface area contributed by atoms with E-state index in [0.29, 0.717) is 18.7 Å². The van der Waals surface area contributed by atoms with Crippen LogP contribution in [0, 0.1) is 0 Å². The molecule has 2 aromatic heterocycles. The second kappa shape index (κ2) is 9.05. The van der Waals surface area contributed by atoms with Gasteiger partial charge in [-0.2, -0.15) is 0 Å². The van der Waals surface area contributed by atoms with Crippen molar-refractivity contribution < 1.29 is 14.3 Å². The molecular formula is C24H21N3O3. The summed E-state index contributed by atoms with van der Waals surface area (Å²) < 4.78 is 5.00. The summed E-state index contributed by atoms with van der Waals surface area (Å²) in [4.78, 5) is 31.5. The number of para-hydroxylation sites is 2. The summed E-state index contributed by atoms with van der Waals surface area (Å²) in [7, 11) is 0. The highest BCUT2D eigenvalue weighted by molar-refractivity contribution is 5.89. The topological polar surface area (TPSA) is 84.1 Å². The molecule has 0 aliphatic rings. The van der Waals surface area contributed by atoms with Gasteiger partial charge in [-0.05, 0) is 36.3 Å². The molecule has 0 bridgehead atoms. The molecule has 4 rings (SSSR count). The summed E-state index contributed by atoms with van der Waals surface area (Å²) in [5.74, 6) is -0.919. The summed E-state index contributed by atoms with van der Waals surface area (Å²) >= 11 is 0. The number of esters is 1. The molecule has 0 aliphatic heterocycles. The lowest BCUT2D eigenvalue weighted by molar-refractivity contribution is -0.143. The highest BCUT2D eigenvalue weighted by Gasteiger charge is 2.07. The molecule has 0 aliphatic carbocycles. The molecule has 4 aromatic rings. The Balaban J connectivity index is 1.22. The van der Waals surface area contributed by atoms with Crippen LogP contribution in [0.25, 0.3) is 27.9 Å². The van der Waals surface area contributed by atoms with Gasteiger partial charge in [0.2, 0.25) is 0 Å². The maximum atomic E-state index is 11.9. The van der Waals surface area contributed by atoms with E-state index in [1.165, 1.54) is 6.08 Å².